The molecule has 0 heterocycles. The molecule has 0 rings (SSSR count). The van der Waals surface area contributed by atoms with Crippen LogP contribution < -0.4 is 5.32 Å². The van der Waals surface area contributed by atoms with Gasteiger partial charge in [-0.3, -0.25) is 23.7 Å². The van der Waals surface area contributed by atoms with Gasteiger partial charge in [0.25, 0.3) is 10.1 Å². The lowest BCUT2D eigenvalue weighted by Gasteiger charge is -2.11. The van der Waals surface area contributed by atoms with E-state index >= 15 is 0 Å². The summed E-state index contributed by atoms with van der Waals surface area (Å²) < 4.78 is 28.7. The third kappa shape index (κ3) is 27.1. The number of carboxylic acid groups (broad SMARTS) is 4. The summed E-state index contributed by atoms with van der Waals surface area (Å²) in [6, 6.07) is -0.973. The summed E-state index contributed by atoms with van der Waals surface area (Å²) in [6.45, 7) is 2.83. The second kappa shape index (κ2) is 24.8. The summed E-state index contributed by atoms with van der Waals surface area (Å²) in [5, 5.41) is 34.3. The molecule has 0 radical (unpaired) electrons. The van der Waals surface area contributed by atoms with Crippen LogP contribution in [0.2, 0.25) is 0 Å². The van der Waals surface area contributed by atoms with E-state index in [2.05, 4.69) is 12.2 Å². The van der Waals surface area contributed by atoms with Gasteiger partial charge in [-0.15, -0.1) is 0 Å². The Balaban J connectivity index is 0. The van der Waals surface area contributed by atoms with Gasteiger partial charge in [0, 0.05) is 0 Å². The lowest BCUT2D eigenvalue weighted by atomic mass is 10.0. The maximum atomic E-state index is 10.9. The zero-order valence-corrected chi connectivity index (χ0v) is 24.0. The molecule has 6 N–H and O–H groups in total. The summed E-state index contributed by atoms with van der Waals surface area (Å²) in [5.74, 6) is -5.67. The first-order chi connectivity index (χ1) is 18.3. The fourth-order valence-corrected chi connectivity index (χ4v) is 4.46. The SMILES string of the molecule is CCCCCCCCCCCCCCCCCCN[C@@H](CC(=O)O)C(=O)O.O=C(O)CC(C(=O)O)S(=O)(=O)O. The number of rotatable bonds is 25. The highest BCUT2D eigenvalue weighted by atomic mass is 32.2. The number of unbranched alkanes of at least 4 members (excludes halogenated alkanes) is 15. The number of hydrogen-bond donors (Lipinski definition) is 6. The van der Waals surface area contributed by atoms with Crippen LogP contribution in [0.5, 0.6) is 0 Å². The third-order valence-electron chi connectivity index (χ3n) is 6.09. The maximum Gasteiger partial charge on any atom is 0.325 e. The zero-order valence-electron chi connectivity index (χ0n) is 23.2. The van der Waals surface area contributed by atoms with E-state index in [1.807, 2.05) is 0 Å². The average Bonchev–Trinajstić information content (AvgIpc) is 2.82. The van der Waals surface area contributed by atoms with E-state index in [-0.39, 0.29) is 6.42 Å². The van der Waals surface area contributed by atoms with Gasteiger partial charge in [-0.2, -0.15) is 8.42 Å². The Kier molecular flexibility index (Phi) is 24.7. The van der Waals surface area contributed by atoms with Crippen LogP contribution in [-0.4, -0.2) is 75.1 Å². The van der Waals surface area contributed by atoms with E-state index in [1.54, 1.807) is 0 Å². The van der Waals surface area contributed by atoms with E-state index in [4.69, 9.17) is 25.0 Å². The number of aliphatic carboxylic acids is 4. The molecule has 2 atom stereocenters. The average molecular weight is 584 g/mol. The predicted molar refractivity (Wildman–Crippen MR) is 146 cm³/mol. The maximum absolute atomic E-state index is 10.9. The van der Waals surface area contributed by atoms with Gasteiger partial charge in [-0.05, 0) is 13.0 Å². The lowest BCUT2D eigenvalue weighted by Crippen LogP contribution is -2.39. The molecule has 0 aromatic rings. The molecule has 1 unspecified atom stereocenters. The Morgan fingerprint density at radius 3 is 1.21 bits per heavy atom. The Morgan fingerprint density at radius 1 is 0.590 bits per heavy atom. The predicted octanol–water partition coefficient (Wildman–Crippen LogP) is 4.57. The Hall–Kier alpha value is -2.25. The van der Waals surface area contributed by atoms with Gasteiger partial charge in [0.15, 0.2) is 5.25 Å². The molecule has 230 valence electrons. The minimum Gasteiger partial charge on any atom is -0.481 e. The molecule has 0 aliphatic carbocycles. The molecular weight excluding hydrogens is 534 g/mol. The van der Waals surface area contributed by atoms with Gasteiger partial charge >= 0.3 is 23.9 Å². The summed E-state index contributed by atoms with van der Waals surface area (Å²) in [7, 11) is -4.84. The Morgan fingerprint density at radius 2 is 0.949 bits per heavy atom. The monoisotopic (exact) mass is 583 g/mol. The van der Waals surface area contributed by atoms with E-state index in [0.717, 1.165) is 12.8 Å². The quantitative estimate of drug-likeness (QED) is 0.0643. The van der Waals surface area contributed by atoms with Gasteiger partial charge in [-0.25, -0.2) is 0 Å². The highest BCUT2D eigenvalue weighted by molar-refractivity contribution is 7.87. The fourth-order valence-electron chi connectivity index (χ4n) is 3.85. The van der Waals surface area contributed by atoms with E-state index in [1.165, 1.54) is 89.9 Å². The number of nitrogens with one attached hydrogen (secondary N) is 1. The van der Waals surface area contributed by atoms with Crippen LogP contribution in [0, 0.1) is 0 Å². The lowest BCUT2D eigenvalue weighted by molar-refractivity contribution is -0.145. The van der Waals surface area contributed by atoms with Crippen molar-refractivity contribution in [2.45, 2.75) is 134 Å². The van der Waals surface area contributed by atoms with E-state index in [0.29, 0.717) is 6.54 Å². The molecular formula is C26H49NO11S. The highest BCUT2D eigenvalue weighted by Gasteiger charge is 2.33. The standard InChI is InChI=1S/C22H43NO4.C4H6O7S/c1-2-3-4-5-6-7-8-9-10-11-12-13-14-15-16-17-18-23-20(22(26)27)19-21(24)25;5-3(6)1-2(4(7)8)12(9,10)11/h20,23H,2-19H2,1H3,(H,24,25)(H,26,27);2H,1H2,(H,5,6)(H,7,8)(H,9,10,11)/t20-;/m0./s1. The van der Waals surface area contributed by atoms with Gasteiger partial charge in [-0.1, -0.05) is 103 Å². The summed E-state index contributed by atoms with van der Waals surface area (Å²) >= 11 is 0. The van der Waals surface area contributed by atoms with E-state index in [9.17, 15) is 27.6 Å². The van der Waals surface area contributed by atoms with Crippen molar-refractivity contribution in [1.82, 2.24) is 5.32 Å². The minimum absolute atomic E-state index is 0.367. The van der Waals surface area contributed by atoms with Crippen LogP contribution in [0.3, 0.4) is 0 Å². The fraction of sp³-hybridized carbons (Fsp3) is 0.846. The molecule has 0 aromatic heterocycles. The van der Waals surface area contributed by atoms with Gasteiger partial charge in [0.2, 0.25) is 0 Å². The van der Waals surface area contributed by atoms with Crippen LogP contribution in [0.4, 0.5) is 0 Å². The van der Waals surface area contributed by atoms with Gasteiger partial charge in [0.05, 0.1) is 12.8 Å². The Labute approximate surface area is 232 Å². The molecule has 0 spiro atoms. The van der Waals surface area contributed by atoms with Crippen LogP contribution >= 0.6 is 0 Å². The van der Waals surface area contributed by atoms with Crippen LogP contribution in [-0.2, 0) is 29.3 Å². The van der Waals surface area contributed by atoms with Crippen molar-refractivity contribution in [2.75, 3.05) is 6.54 Å². The van der Waals surface area contributed by atoms with Gasteiger partial charge in [0.1, 0.15) is 6.04 Å². The van der Waals surface area contributed by atoms with E-state index < -0.39 is 51.7 Å². The van der Waals surface area contributed by atoms with Crippen molar-refractivity contribution in [3.63, 3.8) is 0 Å². The van der Waals surface area contributed by atoms with Crippen molar-refractivity contribution < 1.29 is 52.6 Å². The zero-order chi connectivity index (χ0) is 30.1. The number of carbonyl (C=O) groups is 4. The smallest absolute Gasteiger partial charge is 0.325 e. The normalized spacial score (nSPS) is 12.7. The summed E-state index contributed by atoms with van der Waals surface area (Å²) in [5.41, 5.74) is 0. The molecule has 0 aromatic carbocycles. The molecule has 0 saturated heterocycles. The number of carboxylic acids is 4. The molecule has 0 fully saturated rings. The molecule has 0 saturated carbocycles. The topological polar surface area (TPSA) is 216 Å². The minimum atomic E-state index is -4.84. The largest absolute Gasteiger partial charge is 0.481 e. The Bertz CT molecular complexity index is 787. The molecule has 0 aliphatic heterocycles. The highest BCUT2D eigenvalue weighted by Crippen LogP contribution is 2.13. The van der Waals surface area contributed by atoms with Crippen LogP contribution in [0.15, 0.2) is 0 Å². The first-order valence-corrected chi connectivity index (χ1v) is 15.4. The third-order valence-corrected chi connectivity index (χ3v) is 7.18. The second-order valence-corrected chi connectivity index (χ2v) is 11.3. The molecule has 39 heavy (non-hydrogen) atoms. The summed E-state index contributed by atoms with van der Waals surface area (Å²) in [4.78, 5) is 41.5. The van der Waals surface area contributed by atoms with Crippen LogP contribution in [0.25, 0.3) is 0 Å². The van der Waals surface area contributed by atoms with Crippen LogP contribution in [0.1, 0.15) is 122 Å². The second-order valence-electron chi connectivity index (χ2n) is 9.69. The van der Waals surface area contributed by atoms with Gasteiger partial charge < -0.3 is 25.7 Å². The van der Waals surface area contributed by atoms with Crippen molar-refractivity contribution >= 4 is 34.0 Å². The molecule has 12 nitrogen and oxygen atoms in total. The first kappa shape index (κ1) is 38.9. The van der Waals surface area contributed by atoms with Crippen molar-refractivity contribution in [1.29, 1.82) is 0 Å². The molecule has 0 aliphatic rings. The first-order valence-electron chi connectivity index (χ1n) is 13.9. The number of hydrogen-bond acceptors (Lipinski definition) is 7. The summed E-state index contributed by atoms with van der Waals surface area (Å²) in [6.07, 6.45) is 19.4. The molecule has 0 bridgehead atoms. The van der Waals surface area contributed by atoms with Crippen molar-refractivity contribution in [2.24, 2.45) is 0 Å². The van der Waals surface area contributed by atoms with Crippen molar-refractivity contribution in [3.05, 3.63) is 0 Å². The molecule has 13 heteroatoms. The molecule has 0 amide bonds. The van der Waals surface area contributed by atoms with Crippen molar-refractivity contribution in [3.8, 4) is 0 Å².